The molecule has 1 amide bonds. The van der Waals surface area contributed by atoms with Crippen LogP contribution in [0, 0.1) is 6.92 Å². The third-order valence-corrected chi connectivity index (χ3v) is 2.63. The summed E-state index contributed by atoms with van der Waals surface area (Å²) in [6.07, 6.45) is -0.798. The molecule has 0 aliphatic rings. The van der Waals surface area contributed by atoms with Crippen LogP contribution in [0.15, 0.2) is 34.9 Å². The average Bonchev–Trinajstić information content (AvgIpc) is 2.83. The number of carbonyl (C=O) groups is 1. The Morgan fingerprint density at radius 1 is 1.47 bits per heavy atom. The summed E-state index contributed by atoms with van der Waals surface area (Å²) >= 11 is 0. The number of aryl methyl sites for hydroxylation is 1. The molecule has 0 spiro atoms. The predicted octanol–water partition coefficient (Wildman–Crippen LogP) is 1.03. The molecule has 1 unspecified atom stereocenters. The van der Waals surface area contributed by atoms with Crippen molar-refractivity contribution in [2.75, 3.05) is 12.3 Å². The number of carbonyl (C=O) groups excluding carboxylic acids is 1. The zero-order valence-corrected chi connectivity index (χ0v) is 10.5. The second-order valence-electron chi connectivity index (χ2n) is 4.23. The van der Waals surface area contributed by atoms with Gasteiger partial charge in [0.2, 0.25) is 5.76 Å². The lowest BCUT2D eigenvalue weighted by molar-refractivity contribution is 0.0880. The lowest BCUT2D eigenvalue weighted by atomic mass is 10.1. The molecule has 1 aromatic heterocycles. The average molecular weight is 261 g/mol. The fraction of sp³-hybridized carbons (Fsp3) is 0.231. The molecule has 0 aliphatic heterocycles. The molecule has 4 N–H and O–H groups in total. The molecule has 0 radical (unpaired) electrons. The van der Waals surface area contributed by atoms with Crippen LogP contribution in [0.25, 0.3) is 0 Å². The maximum absolute atomic E-state index is 11.7. The van der Waals surface area contributed by atoms with Gasteiger partial charge in [0.15, 0.2) is 0 Å². The van der Waals surface area contributed by atoms with Gasteiger partial charge in [0, 0.05) is 18.3 Å². The van der Waals surface area contributed by atoms with Crippen molar-refractivity contribution in [3.05, 3.63) is 47.3 Å². The number of aromatic nitrogens is 1. The smallest absolute Gasteiger partial charge is 0.290 e. The van der Waals surface area contributed by atoms with Crippen molar-refractivity contribution in [3.8, 4) is 0 Å². The molecule has 1 atom stereocenters. The van der Waals surface area contributed by atoms with Gasteiger partial charge >= 0.3 is 0 Å². The molecule has 1 heterocycles. The summed E-state index contributed by atoms with van der Waals surface area (Å²) in [4.78, 5) is 11.7. The maximum Gasteiger partial charge on any atom is 0.290 e. The van der Waals surface area contributed by atoms with Gasteiger partial charge < -0.3 is 20.7 Å². The fourth-order valence-corrected chi connectivity index (χ4v) is 1.58. The first kappa shape index (κ1) is 13.1. The monoisotopic (exact) mass is 261 g/mol. The van der Waals surface area contributed by atoms with Crippen molar-refractivity contribution in [3.63, 3.8) is 0 Å². The van der Waals surface area contributed by atoms with Crippen LogP contribution in [0.4, 0.5) is 5.69 Å². The highest BCUT2D eigenvalue weighted by Crippen LogP contribution is 2.14. The first-order valence-electron chi connectivity index (χ1n) is 5.81. The Morgan fingerprint density at radius 3 is 2.74 bits per heavy atom. The first-order chi connectivity index (χ1) is 9.06. The summed E-state index contributed by atoms with van der Waals surface area (Å²) in [6, 6.07) is 8.35. The normalized spacial score (nSPS) is 12.1. The number of aliphatic hydroxyl groups excluding tert-OH is 1. The van der Waals surface area contributed by atoms with E-state index < -0.39 is 12.0 Å². The standard InChI is InChI=1S/C13H15N3O3/c1-8-6-12(19-16-8)13(18)15-7-11(17)9-2-4-10(14)5-3-9/h2-6,11,17H,7,14H2,1H3,(H,15,18). The molecular formula is C13H15N3O3. The van der Waals surface area contributed by atoms with E-state index in [1.165, 1.54) is 6.07 Å². The summed E-state index contributed by atoms with van der Waals surface area (Å²) < 4.78 is 4.82. The Morgan fingerprint density at radius 2 is 2.16 bits per heavy atom. The van der Waals surface area contributed by atoms with E-state index in [4.69, 9.17) is 10.3 Å². The first-order valence-corrected chi connectivity index (χ1v) is 5.81. The maximum atomic E-state index is 11.7. The largest absolute Gasteiger partial charge is 0.399 e. The van der Waals surface area contributed by atoms with E-state index in [-0.39, 0.29) is 12.3 Å². The molecule has 2 aromatic rings. The number of anilines is 1. The Kier molecular flexibility index (Phi) is 3.82. The minimum Gasteiger partial charge on any atom is -0.399 e. The molecule has 0 saturated carbocycles. The van der Waals surface area contributed by atoms with E-state index in [0.717, 1.165) is 0 Å². The number of hydrogen-bond donors (Lipinski definition) is 3. The molecule has 0 saturated heterocycles. The zero-order chi connectivity index (χ0) is 13.8. The summed E-state index contributed by atoms with van der Waals surface area (Å²) in [5, 5.41) is 16.1. The number of hydrogen-bond acceptors (Lipinski definition) is 5. The third-order valence-electron chi connectivity index (χ3n) is 2.63. The van der Waals surface area contributed by atoms with Crippen LogP contribution in [0.3, 0.4) is 0 Å². The van der Waals surface area contributed by atoms with Crippen LogP contribution in [-0.2, 0) is 0 Å². The van der Waals surface area contributed by atoms with E-state index in [0.29, 0.717) is 16.9 Å². The lowest BCUT2D eigenvalue weighted by Gasteiger charge is -2.11. The number of amides is 1. The Balaban J connectivity index is 1.91. The van der Waals surface area contributed by atoms with Crippen LogP contribution in [-0.4, -0.2) is 22.7 Å². The van der Waals surface area contributed by atoms with E-state index in [1.807, 2.05) is 0 Å². The summed E-state index contributed by atoms with van der Waals surface area (Å²) in [5.74, 6) is -0.280. The number of nitrogens with two attached hydrogens (primary N) is 1. The highest BCUT2D eigenvalue weighted by Gasteiger charge is 2.14. The molecule has 0 aliphatic carbocycles. The van der Waals surface area contributed by atoms with Crippen molar-refractivity contribution in [1.29, 1.82) is 0 Å². The molecule has 6 heteroatoms. The fourth-order valence-electron chi connectivity index (χ4n) is 1.58. The molecule has 0 fully saturated rings. The summed E-state index contributed by atoms with van der Waals surface area (Å²) in [6.45, 7) is 1.81. The topological polar surface area (TPSA) is 101 Å². The number of nitrogens with zero attached hydrogens (tertiary/aromatic N) is 1. The van der Waals surface area contributed by atoms with Crippen molar-refractivity contribution in [2.24, 2.45) is 0 Å². The van der Waals surface area contributed by atoms with Gasteiger partial charge in [-0.15, -0.1) is 0 Å². The number of nitrogen functional groups attached to an aromatic ring is 1. The third kappa shape index (κ3) is 3.32. The molecule has 6 nitrogen and oxygen atoms in total. The zero-order valence-electron chi connectivity index (χ0n) is 10.5. The van der Waals surface area contributed by atoms with Gasteiger partial charge in [0.05, 0.1) is 11.8 Å². The molecule has 100 valence electrons. The van der Waals surface area contributed by atoms with Gasteiger partial charge in [-0.3, -0.25) is 4.79 Å². The van der Waals surface area contributed by atoms with Gasteiger partial charge in [-0.05, 0) is 24.6 Å². The quantitative estimate of drug-likeness (QED) is 0.713. The number of nitrogens with one attached hydrogen (secondary N) is 1. The summed E-state index contributed by atoms with van der Waals surface area (Å²) in [5.41, 5.74) is 7.49. The predicted molar refractivity (Wildman–Crippen MR) is 69.4 cm³/mol. The minimum absolute atomic E-state index is 0.0858. The van der Waals surface area contributed by atoms with Crippen LogP contribution in [0.2, 0.25) is 0 Å². The summed E-state index contributed by atoms with van der Waals surface area (Å²) in [7, 11) is 0. The lowest BCUT2D eigenvalue weighted by Crippen LogP contribution is -2.28. The van der Waals surface area contributed by atoms with E-state index in [9.17, 15) is 9.90 Å². The van der Waals surface area contributed by atoms with Crippen LogP contribution >= 0.6 is 0 Å². The molecule has 19 heavy (non-hydrogen) atoms. The number of rotatable bonds is 4. The van der Waals surface area contributed by atoms with Gasteiger partial charge in [0.25, 0.3) is 5.91 Å². The Bertz CT molecular complexity index is 563. The van der Waals surface area contributed by atoms with Crippen molar-refractivity contribution < 1.29 is 14.4 Å². The van der Waals surface area contributed by atoms with Gasteiger partial charge in [-0.25, -0.2) is 0 Å². The Labute approximate surface area is 110 Å². The number of benzene rings is 1. The van der Waals surface area contributed by atoms with Crippen molar-refractivity contribution in [2.45, 2.75) is 13.0 Å². The van der Waals surface area contributed by atoms with Gasteiger partial charge in [-0.2, -0.15) is 0 Å². The SMILES string of the molecule is Cc1cc(C(=O)NCC(O)c2ccc(N)cc2)on1. The molecule has 2 rings (SSSR count). The second-order valence-corrected chi connectivity index (χ2v) is 4.23. The second kappa shape index (κ2) is 5.53. The molecule has 1 aromatic carbocycles. The van der Waals surface area contributed by atoms with Crippen LogP contribution in [0.5, 0.6) is 0 Å². The van der Waals surface area contributed by atoms with Crippen molar-refractivity contribution >= 4 is 11.6 Å². The van der Waals surface area contributed by atoms with Crippen molar-refractivity contribution in [1.82, 2.24) is 10.5 Å². The molecular weight excluding hydrogens is 246 g/mol. The van der Waals surface area contributed by atoms with Gasteiger partial charge in [0.1, 0.15) is 0 Å². The van der Waals surface area contributed by atoms with Crippen LogP contribution in [0.1, 0.15) is 27.9 Å². The van der Waals surface area contributed by atoms with E-state index >= 15 is 0 Å². The Hall–Kier alpha value is -2.34. The van der Waals surface area contributed by atoms with E-state index in [2.05, 4.69) is 10.5 Å². The molecule has 0 bridgehead atoms. The highest BCUT2D eigenvalue weighted by atomic mass is 16.5. The minimum atomic E-state index is -0.798. The van der Waals surface area contributed by atoms with E-state index in [1.54, 1.807) is 31.2 Å². The highest BCUT2D eigenvalue weighted by molar-refractivity contribution is 5.91. The number of aliphatic hydroxyl groups is 1. The van der Waals surface area contributed by atoms with Gasteiger partial charge in [-0.1, -0.05) is 17.3 Å². The van der Waals surface area contributed by atoms with Crippen LogP contribution < -0.4 is 11.1 Å².